The molecule has 0 radical (unpaired) electrons. The number of hydrogen-bond donors (Lipinski definition) is 1. The maximum Gasteiger partial charge on any atom is 0.273 e. The number of methoxy groups -OCH3 is 1. The van der Waals surface area contributed by atoms with Crippen LogP contribution in [0.15, 0.2) is 54.7 Å². The number of nitrogens with one attached hydrogen (secondary N) is 1. The van der Waals surface area contributed by atoms with Gasteiger partial charge in [-0.15, -0.1) is 5.10 Å². The maximum absolute atomic E-state index is 12.8. The summed E-state index contributed by atoms with van der Waals surface area (Å²) in [6, 6.07) is 15.3. The molecular formula is C23H26ClN5O2. The number of carbonyl (C=O) groups is 1. The number of benzene rings is 2. The standard InChI is InChI=1S/C23H26ClN5O2/c1-31-22-12-6-3-9-17(22)21(28-13-7-2-8-14-28)15-25-23(30)19-16-29(27-26-19)20-11-5-4-10-18(20)24/h3-6,9-12,16,21H,2,7-8,13-15H2,1H3,(H,25,30). The first-order chi connectivity index (χ1) is 15.2. The van der Waals surface area contributed by atoms with Gasteiger partial charge in [0.25, 0.3) is 5.91 Å². The number of piperidine rings is 1. The number of amides is 1. The van der Waals surface area contributed by atoms with Crippen molar-refractivity contribution in [2.45, 2.75) is 25.3 Å². The van der Waals surface area contributed by atoms with Crippen LogP contribution in [0.25, 0.3) is 5.69 Å². The molecule has 1 aliphatic heterocycles. The molecule has 0 saturated carbocycles. The van der Waals surface area contributed by atoms with Gasteiger partial charge in [0.1, 0.15) is 5.75 Å². The van der Waals surface area contributed by atoms with Crippen molar-refractivity contribution in [2.75, 3.05) is 26.7 Å². The number of aromatic nitrogens is 3. The van der Waals surface area contributed by atoms with E-state index in [1.54, 1.807) is 19.4 Å². The summed E-state index contributed by atoms with van der Waals surface area (Å²) in [6.07, 6.45) is 5.15. The highest BCUT2D eigenvalue weighted by atomic mass is 35.5. The number of halogens is 1. The second-order valence-corrected chi connectivity index (χ2v) is 7.97. The number of rotatable bonds is 7. The Bertz CT molecular complexity index is 1030. The first-order valence-electron chi connectivity index (χ1n) is 10.5. The van der Waals surface area contributed by atoms with Crippen molar-refractivity contribution in [1.29, 1.82) is 0 Å². The molecule has 1 atom stereocenters. The van der Waals surface area contributed by atoms with Crippen LogP contribution in [0.1, 0.15) is 41.4 Å². The zero-order valence-electron chi connectivity index (χ0n) is 17.5. The highest BCUT2D eigenvalue weighted by molar-refractivity contribution is 6.32. The molecule has 162 valence electrons. The monoisotopic (exact) mass is 439 g/mol. The van der Waals surface area contributed by atoms with E-state index in [9.17, 15) is 4.79 Å². The topological polar surface area (TPSA) is 72.3 Å². The first-order valence-corrected chi connectivity index (χ1v) is 10.9. The third-order valence-electron chi connectivity index (χ3n) is 5.61. The summed E-state index contributed by atoms with van der Waals surface area (Å²) in [5.74, 6) is 0.562. The van der Waals surface area contributed by atoms with Crippen molar-refractivity contribution in [3.8, 4) is 11.4 Å². The minimum absolute atomic E-state index is 0.0269. The van der Waals surface area contributed by atoms with Gasteiger partial charge in [0.15, 0.2) is 5.69 Å². The summed E-state index contributed by atoms with van der Waals surface area (Å²) in [5.41, 5.74) is 2.00. The molecule has 1 fully saturated rings. The van der Waals surface area contributed by atoms with Crippen LogP contribution in [0.3, 0.4) is 0 Å². The van der Waals surface area contributed by atoms with Gasteiger partial charge in [-0.1, -0.05) is 53.6 Å². The molecule has 1 aromatic heterocycles. The highest BCUT2D eigenvalue weighted by Crippen LogP contribution is 2.31. The van der Waals surface area contributed by atoms with Crippen LogP contribution >= 0.6 is 11.6 Å². The Morgan fingerprint density at radius 3 is 2.65 bits per heavy atom. The molecule has 2 heterocycles. The smallest absolute Gasteiger partial charge is 0.273 e. The van der Waals surface area contributed by atoms with E-state index in [0.717, 1.165) is 37.2 Å². The molecule has 0 bridgehead atoms. The van der Waals surface area contributed by atoms with Gasteiger partial charge in [0, 0.05) is 12.1 Å². The number of nitrogens with zero attached hydrogens (tertiary/aromatic N) is 4. The summed E-state index contributed by atoms with van der Waals surface area (Å²) in [5, 5.41) is 11.7. The number of ether oxygens (including phenoxy) is 1. The van der Waals surface area contributed by atoms with E-state index in [1.165, 1.54) is 11.1 Å². The van der Waals surface area contributed by atoms with Crippen molar-refractivity contribution in [3.63, 3.8) is 0 Å². The van der Waals surface area contributed by atoms with Crippen molar-refractivity contribution < 1.29 is 9.53 Å². The van der Waals surface area contributed by atoms with Crippen LogP contribution in [0, 0.1) is 0 Å². The summed E-state index contributed by atoms with van der Waals surface area (Å²) < 4.78 is 7.11. The van der Waals surface area contributed by atoms with Crippen LogP contribution in [-0.2, 0) is 0 Å². The van der Waals surface area contributed by atoms with Crippen LogP contribution in [0.2, 0.25) is 5.02 Å². The molecule has 1 N–H and O–H groups in total. The summed E-state index contributed by atoms with van der Waals surface area (Å²) >= 11 is 6.23. The van der Waals surface area contributed by atoms with Gasteiger partial charge in [-0.25, -0.2) is 4.68 Å². The number of carbonyl (C=O) groups excluding carboxylic acids is 1. The molecule has 7 nitrogen and oxygen atoms in total. The van der Waals surface area contributed by atoms with Gasteiger partial charge in [0.05, 0.1) is 30.1 Å². The van der Waals surface area contributed by atoms with Crippen LogP contribution in [0.5, 0.6) is 5.75 Å². The van der Waals surface area contributed by atoms with Gasteiger partial charge in [-0.05, 0) is 44.1 Å². The number of para-hydroxylation sites is 2. The van der Waals surface area contributed by atoms with E-state index in [4.69, 9.17) is 16.3 Å². The van der Waals surface area contributed by atoms with Gasteiger partial charge in [-0.3, -0.25) is 9.69 Å². The Morgan fingerprint density at radius 1 is 1.13 bits per heavy atom. The Morgan fingerprint density at radius 2 is 1.87 bits per heavy atom. The summed E-state index contributed by atoms with van der Waals surface area (Å²) in [4.78, 5) is 15.3. The Hall–Kier alpha value is -2.90. The van der Waals surface area contributed by atoms with E-state index in [0.29, 0.717) is 17.3 Å². The third-order valence-corrected chi connectivity index (χ3v) is 5.93. The summed E-state index contributed by atoms with van der Waals surface area (Å²) in [6.45, 7) is 2.46. The molecule has 1 unspecified atom stereocenters. The second kappa shape index (κ2) is 9.94. The van der Waals surface area contributed by atoms with Crippen molar-refractivity contribution in [2.24, 2.45) is 0 Å². The molecule has 1 saturated heterocycles. The number of hydrogen-bond acceptors (Lipinski definition) is 5. The molecule has 0 aliphatic carbocycles. The molecule has 31 heavy (non-hydrogen) atoms. The molecule has 1 amide bonds. The Balaban J connectivity index is 1.50. The lowest BCUT2D eigenvalue weighted by Crippen LogP contribution is -2.40. The average Bonchev–Trinajstić information content (AvgIpc) is 3.30. The second-order valence-electron chi connectivity index (χ2n) is 7.56. The summed E-state index contributed by atoms with van der Waals surface area (Å²) in [7, 11) is 1.68. The molecule has 3 aromatic rings. The Labute approximate surface area is 187 Å². The van der Waals surface area contributed by atoms with Gasteiger partial charge < -0.3 is 10.1 Å². The fraction of sp³-hybridized carbons (Fsp3) is 0.348. The normalized spacial score (nSPS) is 15.4. The molecule has 0 spiro atoms. The average molecular weight is 440 g/mol. The van der Waals surface area contributed by atoms with Gasteiger partial charge >= 0.3 is 0 Å². The van der Waals surface area contributed by atoms with E-state index < -0.39 is 0 Å². The zero-order valence-corrected chi connectivity index (χ0v) is 18.3. The Kier molecular flexibility index (Phi) is 6.84. The van der Waals surface area contributed by atoms with E-state index in [2.05, 4.69) is 26.6 Å². The minimum Gasteiger partial charge on any atom is -0.496 e. The number of likely N-dealkylation sites (tertiary alicyclic amines) is 1. The van der Waals surface area contributed by atoms with Gasteiger partial charge in [0.2, 0.25) is 0 Å². The van der Waals surface area contributed by atoms with Crippen LogP contribution < -0.4 is 10.1 Å². The van der Waals surface area contributed by atoms with Crippen LogP contribution in [0.4, 0.5) is 0 Å². The largest absolute Gasteiger partial charge is 0.496 e. The zero-order chi connectivity index (χ0) is 21.6. The van der Waals surface area contributed by atoms with Crippen molar-refractivity contribution >= 4 is 17.5 Å². The quantitative estimate of drug-likeness (QED) is 0.604. The first kappa shape index (κ1) is 21.3. The lowest BCUT2D eigenvalue weighted by atomic mass is 10.0. The predicted octanol–water partition coefficient (Wildman–Crippen LogP) is 3.89. The predicted molar refractivity (Wildman–Crippen MR) is 120 cm³/mol. The van der Waals surface area contributed by atoms with E-state index in [1.807, 2.05) is 36.4 Å². The maximum atomic E-state index is 12.8. The van der Waals surface area contributed by atoms with Crippen molar-refractivity contribution in [3.05, 3.63) is 71.0 Å². The molecule has 8 heteroatoms. The molecular weight excluding hydrogens is 414 g/mol. The third kappa shape index (κ3) is 4.89. The van der Waals surface area contributed by atoms with E-state index >= 15 is 0 Å². The SMILES string of the molecule is COc1ccccc1C(CNC(=O)c1cn(-c2ccccc2Cl)nn1)N1CCCCC1. The van der Waals surface area contributed by atoms with Gasteiger partial charge in [-0.2, -0.15) is 0 Å². The van der Waals surface area contributed by atoms with Crippen LogP contribution in [-0.4, -0.2) is 52.5 Å². The fourth-order valence-electron chi connectivity index (χ4n) is 4.01. The fourth-order valence-corrected chi connectivity index (χ4v) is 4.23. The molecule has 1 aliphatic rings. The highest BCUT2D eigenvalue weighted by Gasteiger charge is 2.26. The lowest BCUT2D eigenvalue weighted by molar-refractivity contribution is 0.0918. The lowest BCUT2D eigenvalue weighted by Gasteiger charge is -2.35. The van der Waals surface area contributed by atoms with Crippen molar-refractivity contribution in [1.82, 2.24) is 25.2 Å². The molecule has 2 aromatic carbocycles. The molecule has 4 rings (SSSR count). The van der Waals surface area contributed by atoms with E-state index in [-0.39, 0.29) is 17.6 Å². The minimum atomic E-state index is -0.268.